The summed E-state index contributed by atoms with van der Waals surface area (Å²) in [6.07, 6.45) is 1.47. The summed E-state index contributed by atoms with van der Waals surface area (Å²) in [4.78, 5) is 12.5. The van der Waals surface area contributed by atoms with Gasteiger partial charge in [-0.15, -0.1) is 5.10 Å². The van der Waals surface area contributed by atoms with Crippen LogP contribution in [-0.2, 0) is 22.8 Å². The van der Waals surface area contributed by atoms with Crippen molar-refractivity contribution in [3.63, 3.8) is 0 Å². The van der Waals surface area contributed by atoms with E-state index in [1.54, 1.807) is 22.9 Å². The van der Waals surface area contributed by atoms with Gasteiger partial charge in [-0.05, 0) is 37.6 Å². The highest BCUT2D eigenvalue weighted by Gasteiger charge is 2.16. The number of hydrogen-bond donors (Lipinski definition) is 1. The van der Waals surface area contributed by atoms with Crippen molar-refractivity contribution in [2.45, 2.75) is 31.7 Å². The summed E-state index contributed by atoms with van der Waals surface area (Å²) < 4.78 is 30.1. The van der Waals surface area contributed by atoms with Gasteiger partial charge in [-0.2, -0.15) is 5.10 Å². The third-order valence-electron chi connectivity index (χ3n) is 3.91. The Morgan fingerprint density at radius 1 is 1.22 bits per heavy atom. The van der Waals surface area contributed by atoms with Crippen molar-refractivity contribution in [2.24, 2.45) is 0 Å². The summed E-state index contributed by atoms with van der Waals surface area (Å²) in [5.41, 5.74) is 1.96. The number of aromatic nitrogens is 4. The van der Waals surface area contributed by atoms with Crippen LogP contribution in [0.1, 0.15) is 34.6 Å². The van der Waals surface area contributed by atoms with Crippen LogP contribution in [0.5, 0.6) is 0 Å². The third kappa shape index (κ3) is 4.40. The Balaban J connectivity index is 1.66. The van der Waals surface area contributed by atoms with Crippen molar-refractivity contribution >= 4 is 21.8 Å². The number of amides is 1. The van der Waals surface area contributed by atoms with E-state index in [1.807, 2.05) is 13.8 Å². The molecule has 0 aliphatic carbocycles. The molecule has 3 aromatic rings. The molecule has 9 nitrogen and oxygen atoms in total. The predicted octanol–water partition coefficient (Wildman–Crippen LogP) is 1.84. The van der Waals surface area contributed by atoms with Crippen molar-refractivity contribution in [1.82, 2.24) is 20.0 Å². The van der Waals surface area contributed by atoms with Crippen LogP contribution >= 0.6 is 0 Å². The standard InChI is InChI=1S/C17H19N5O4S/c1-4-22-11(2)9-14(21-22)16(23)18-17-20-19-15(26-17)10-12-5-7-13(8-6-12)27(3,24)25/h5-9H,4,10H2,1-3H3,(H,18,20,23). The molecule has 3 rings (SSSR count). The fraction of sp³-hybridized carbons (Fsp3) is 0.294. The molecule has 0 fully saturated rings. The maximum Gasteiger partial charge on any atom is 0.322 e. The van der Waals surface area contributed by atoms with Crippen molar-refractivity contribution in [3.8, 4) is 0 Å². The lowest BCUT2D eigenvalue weighted by atomic mass is 10.1. The van der Waals surface area contributed by atoms with Crippen LogP contribution < -0.4 is 5.32 Å². The number of nitrogens with one attached hydrogen (secondary N) is 1. The number of rotatable bonds is 6. The minimum atomic E-state index is -3.24. The van der Waals surface area contributed by atoms with Gasteiger partial charge in [-0.3, -0.25) is 14.8 Å². The number of anilines is 1. The zero-order valence-electron chi connectivity index (χ0n) is 15.1. The summed E-state index contributed by atoms with van der Waals surface area (Å²) in [5.74, 6) is -0.134. The van der Waals surface area contributed by atoms with Gasteiger partial charge in [0.25, 0.3) is 5.91 Å². The second-order valence-electron chi connectivity index (χ2n) is 6.03. The molecule has 2 heterocycles. The van der Waals surface area contributed by atoms with Crippen molar-refractivity contribution < 1.29 is 17.6 Å². The average molecular weight is 389 g/mol. The van der Waals surface area contributed by atoms with Crippen LogP contribution in [0.2, 0.25) is 0 Å². The van der Waals surface area contributed by atoms with E-state index in [-0.39, 0.29) is 16.6 Å². The Labute approximate surface area is 156 Å². The molecule has 10 heteroatoms. The molecule has 142 valence electrons. The van der Waals surface area contributed by atoms with Gasteiger partial charge in [0, 0.05) is 18.5 Å². The molecule has 0 aliphatic heterocycles. The largest absolute Gasteiger partial charge is 0.407 e. The number of nitrogens with zero attached hydrogens (tertiary/aromatic N) is 4. The second kappa shape index (κ2) is 7.31. The first-order chi connectivity index (χ1) is 12.8. The molecular formula is C17H19N5O4S. The van der Waals surface area contributed by atoms with Gasteiger partial charge < -0.3 is 4.42 Å². The maximum absolute atomic E-state index is 12.2. The second-order valence-corrected chi connectivity index (χ2v) is 8.05. The Hall–Kier alpha value is -3.01. The maximum atomic E-state index is 12.2. The lowest BCUT2D eigenvalue weighted by Gasteiger charge is -2.00. The van der Waals surface area contributed by atoms with Crippen molar-refractivity contribution in [2.75, 3.05) is 11.6 Å². The van der Waals surface area contributed by atoms with Crippen LogP contribution in [-0.4, -0.2) is 40.6 Å². The number of aryl methyl sites for hydroxylation is 2. The van der Waals surface area contributed by atoms with E-state index >= 15 is 0 Å². The van der Waals surface area contributed by atoms with Crippen LogP contribution in [0.25, 0.3) is 0 Å². The molecule has 0 unspecified atom stereocenters. The first-order valence-corrected chi connectivity index (χ1v) is 10.1. The van der Waals surface area contributed by atoms with Gasteiger partial charge in [-0.1, -0.05) is 17.2 Å². The topological polar surface area (TPSA) is 120 Å². The molecule has 1 aromatic carbocycles. The number of carbonyl (C=O) groups excluding carboxylic acids is 1. The summed E-state index contributed by atoms with van der Waals surface area (Å²) in [6.45, 7) is 4.48. The molecule has 27 heavy (non-hydrogen) atoms. The van der Waals surface area contributed by atoms with E-state index in [2.05, 4.69) is 20.6 Å². The van der Waals surface area contributed by atoms with Gasteiger partial charge in [0.1, 0.15) is 0 Å². The van der Waals surface area contributed by atoms with Crippen LogP contribution in [0.15, 0.2) is 39.6 Å². The minimum Gasteiger partial charge on any atom is -0.407 e. The lowest BCUT2D eigenvalue weighted by molar-refractivity contribution is 0.101. The zero-order chi connectivity index (χ0) is 19.6. The highest BCUT2D eigenvalue weighted by molar-refractivity contribution is 7.90. The third-order valence-corrected chi connectivity index (χ3v) is 5.04. The number of benzene rings is 1. The Kier molecular flexibility index (Phi) is 5.08. The minimum absolute atomic E-state index is 0.0218. The molecule has 0 saturated heterocycles. The van der Waals surface area contributed by atoms with E-state index in [0.29, 0.717) is 18.9 Å². The van der Waals surface area contributed by atoms with Gasteiger partial charge in [0.15, 0.2) is 15.5 Å². The summed E-state index contributed by atoms with van der Waals surface area (Å²) in [6, 6.07) is 8.07. The van der Waals surface area contributed by atoms with Crippen molar-refractivity contribution in [1.29, 1.82) is 0 Å². The first-order valence-electron chi connectivity index (χ1n) is 8.23. The number of hydrogen-bond acceptors (Lipinski definition) is 7. The number of carbonyl (C=O) groups is 1. The molecule has 0 bridgehead atoms. The predicted molar refractivity (Wildman–Crippen MR) is 97.2 cm³/mol. The molecular weight excluding hydrogens is 370 g/mol. The smallest absolute Gasteiger partial charge is 0.322 e. The van der Waals surface area contributed by atoms with Crippen LogP contribution in [0.3, 0.4) is 0 Å². The normalized spacial score (nSPS) is 11.5. The summed E-state index contributed by atoms with van der Waals surface area (Å²) in [5, 5.41) is 14.4. The molecule has 0 radical (unpaired) electrons. The van der Waals surface area contributed by atoms with E-state index in [0.717, 1.165) is 17.5 Å². The molecule has 0 spiro atoms. The van der Waals surface area contributed by atoms with Gasteiger partial charge in [0.05, 0.1) is 11.3 Å². The van der Waals surface area contributed by atoms with E-state index in [1.165, 1.54) is 12.1 Å². The summed E-state index contributed by atoms with van der Waals surface area (Å²) >= 11 is 0. The monoisotopic (exact) mass is 389 g/mol. The Bertz CT molecular complexity index is 1070. The molecule has 1 amide bonds. The average Bonchev–Trinajstić information content (AvgIpc) is 3.20. The fourth-order valence-corrected chi connectivity index (χ4v) is 3.14. The SMILES string of the molecule is CCn1nc(C(=O)Nc2nnc(Cc3ccc(S(C)(=O)=O)cc3)o2)cc1C. The molecule has 0 saturated carbocycles. The number of sulfone groups is 1. The first kappa shape index (κ1) is 18.8. The van der Waals surface area contributed by atoms with E-state index in [9.17, 15) is 13.2 Å². The van der Waals surface area contributed by atoms with E-state index < -0.39 is 15.7 Å². The van der Waals surface area contributed by atoms with E-state index in [4.69, 9.17) is 4.42 Å². The quantitative estimate of drug-likeness (QED) is 0.683. The Morgan fingerprint density at radius 3 is 2.52 bits per heavy atom. The lowest BCUT2D eigenvalue weighted by Crippen LogP contribution is -2.13. The highest BCUT2D eigenvalue weighted by atomic mass is 32.2. The van der Waals surface area contributed by atoms with Crippen LogP contribution in [0, 0.1) is 6.92 Å². The molecule has 2 aromatic heterocycles. The van der Waals surface area contributed by atoms with Gasteiger partial charge >= 0.3 is 6.01 Å². The van der Waals surface area contributed by atoms with Gasteiger partial charge in [-0.25, -0.2) is 8.42 Å². The fourth-order valence-electron chi connectivity index (χ4n) is 2.51. The Morgan fingerprint density at radius 2 is 1.93 bits per heavy atom. The van der Waals surface area contributed by atoms with Crippen molar-refractivity contribution in [3.05, 3.63) is 53.2 Å². The van der Waals surface area contributed by atoms with Gasteiger partial charge in [0.2, 0.25) is 5.89 Å². The molecule has 0 atom stereocenters. The highest BCUT2D eigenvalue weighted by Crippen LogP contribution is 2.15. The zero-order valence-corrected chi connectivity index (χ0v) is 15.9. The summed E-state index contributed by atoms with van der Waals surface area (Å²) in [7, 11) is -3.24. The molecule has 0 aliphatic rings. The molecule has 1 N–H and O–H groups in total. The van der Waals surface area contributed by atoms with Crippen LogP contribution in [0.4, 0.5) is 6.01 Å².